The first kappa shape index (κ1) is 28.7. The summed E-state index contributed by atoms with van der Waals surface area (Å²) < 4.78 is 115. The molecule has 1 fully saturated rings. The van der Waals surface area contributed by atoms with E-state index in [0.29, 0.717) is 43.5 Å². The van der Waals surface area contributed by atoms with Crippen molar-refractivity contribution in [3.8, 4) is 0 Å². The van der Waals surface area contributed by atoms with Gasteiger partial charge in [-0.05, 0) is 60.4 Å². The number of hydrogen-bond acceptors (Lipinski definition) is 0. The molecule has 0 saturated heterocycles. The molecule has 4 aromatic carbocycles. The minimum Gasteiger partial charge on any atom is -0.276 e. The normalized spacial score (nSPS) is 16.3. The van der Waals surface area contributed by atoms with Crippen LogP contribution in [-0.2, 0) is 17.5 Å². The topological polar surface area (TPSA) is 9.86 Å². The van der Waals surface area contributed by atoms with E-state index in [-0.39, 0.29) is 22.1 Å². The lowest BCUT2D eigenvalue weighted by atomic mass is 9.65. The molecule has 0 spiro atoms. The maximum absolute atomic E-state index is 14.9. The molecule has 1 aliphatic carbocycles. The first-order chi connectivity index (χ1) is 21.0. The minimum absolute atomic E-state index is 0.0168. The van der Waals surface area contributed by atoms with Crippen molar-refractivity contribution >= 4 is 43.6 Å². The van der Waals surface area contributed by atoms with Gasteiger partial charge in [0.25, 0.3) is 0 Å². The Labute approximate surface area is 246 Å². The van der Waals surface area contributed by atoms with Crippen LogP contribution in [0.1, 0.15) is 43.2 Å². The summed E-state index contributed by atoms with van der Waals surface area (Å²) in [5, 5.41) is 1.61. The fourth-order valence-electron chi connectivity index (χ4n) is 7.28. The summed E-state index contributed by atoms with van der Waals surface area (Å²) in [7, 11) is 0. The zero-order valence-corrected chi connectivity index (χ0v) is 23.2. The Kier molecular flexibility index (Phi) is 6.50. The highest BCUT2D eigenvalue weighted by Crippen LogP contribution is 2.49. The van der Waals surface area contributed by atoms with Crippen LogP contribution in [0.2, 0.25) is 0 Å². The Morgan fingerprint density at radius 1 is 0.500 bits per heavy atom. The van der Waals surface area contributed by atoms with E-state index in [1.165, 1.54) is 36.4 Å². The number of fused-ring (bicyclic) bond motifs is 6. The van der Waals surface area contributed by atoms with Crippen molar-refractivity contribution < 1.29 is 35.1 Å². The van der Waals surface area contributed by atoms with Crippen LogP contribution in [-0.4, -0.2) is 22.0 Å². The summed E-state index contributed by atoms with van der Waals surface area (Å²) in [6, 6.07) is 13.3. The van der Waals surface area contributed by atoms with Gasteiger partial charge in [0.15, 0.2) is 0 Å². The van der Waals surface area contributed by atoms with Crippen LogP contribution in [0.4, 0.5) is 35.1 Å². The Morgan fingerprint density at radius 2 is 0.886 bits per heavy atom. The van der Waals surface area contributed by atoms with E-state index in [1.807, 2.05) is 0 Å². The quantitative estimate of drug-likeness (QED) is 0.165. The summed E-state index contributed by atoms with van der Waals surface area (Å²) in [4.78, 5) is 0. The lowest BCUT2D eigenvalue weighted by Crippen LogP contribution is -2.32. The van der Waals surface area contributed by atoms with Gasteiger partial charge in [-0.25, -0.2) is 17.6 Å². The van der Waals surface area contributed by atoms with E-state index in [0.717, 1.165) is 30.4 Å². The zero-order valence-electron chi connectivity index (χ0n) is 23.2. The van der Waals surface area contributed by atoms with Gasteiger partial charge in [0.2, 0.25) is 0 Å². The maximum atomic E-state index is 14.9. The predicted octanol–water partition coefficient (Wildman–Crippen LogP) is 10.8. The molecule has 6 aromatic rings. The Hall–Kier alpha value is -4.08. The van der Waals surface area contributed by atoms with Gasteiger partial charge >= 0.3 is 24.9 Å². The highest BCUT2D eigenvalue weighted by Gasteiger charge is 2.46. The molecule has 7 rings (SSSR count). The molecule has 2 nitrogen and oxygen atoms in total. The molecule has 2 heterocycles. The van der Waals surface area contributed by atoms with Crippen molar-refractivity contribution in [2.75, 3.05) is 0 Å². The van der Waals surface area contributed by atoms with Crippen LogP contribution >= 0.6 is 0 Å². The van der Waals surface area contributed by atoms with Crippen LogP contribution < -0.4 is 0 Å². The van der Waals surface area contributed by atoms with Gasteiger partial charge in [-0.3, -0.25) is 9.13 Å². The summed E-state index contributed by atoms with van der Waals surface area (Å²) in [5.41, 5.74) is 0.832. The van der Waals surface area contributed by atoms with Gasteiger partial charge in [-0.15, -0.1) is 0 Å². The fourth-order valence-corrected chi connectivity index (χ4v) is 7.28. The average molecular weight is 615 g/mol. The van der Waals surface area contributed by atoms with Crippen molar-refractivity contribution in [3.05, 3.63) is 96.1 Å². The molecule has 0 bridgehead atoms. The number of hydrogen-bond donors (Lipinski definition) is 0. The predicted molar refractivity (Wildman–Crippen MR) is 155 cm³/mol. The van der Waals surface area contributed by atoms with Crippen LogP contribution in [0.3, 0.4) is 0 Å². The largest absolute Gasteiger partial charge is 0.389 e. The molecule has 44 heavy (non-hydrogen) atoms. The van der Waals surface area contributed by atoms with Gasteiger partial charge < -0.3 is 0 Å². The molecular formula is C34H26F8N2. The third-order valence-electron chi connectivity index (χ3n) is 9.28. The van der Waals surface area contributed by atoms with E-state index < -0.39 is 30.4 Å². The lowest BCUT2D eigenvalue weighted by molar-refractivity contribution is -0.184. The van der Waals surface area contributed by atoms with E-state index in [2.05, 4.69) is 0 Å². The first-order valence-electron chi connectivity index (χ1n) is 14.4. The van der Waals surface area contributed by atoms with Crippen LogP contribution in [0.25, 0.3) is 43.6 Å². The molecule has 1 saturated carbocycles. The molecule has 0 N–H and O–H groups in total. The Balaban J connectivity index is 1.48. The van der Waals surface area contributed by atoms with E-state index >= 15 is 0 Å². The third kappa shape index (κ3) is 3.98. The van der Waals surface area contributed by atoms with E-state index in [9.17, 15) is 35.1 Å². The smallest absolute Gasteiger partial charge is 0.276 e. The second-order valence-electron chi connectivity index (χ2n) is 11.6. The summed E-state index contributed by atoms with van der Waals surface area (Å²) in [6.07, 6.45) is -3.86. The SMILES string of the molecule is FC(F)C(F)(F)n1c2ccccc2c2cc(C3(c4ccc5c(c4)c4ccccc4n5C(F)(F)C(F)F)CCCCC3)ccc21. The van der Waals surface area contributed by atoms with Crippen LogP contribution in [0, 0.1) is 0 Å². The van der Waals surface area contributed by atoms with Gasteiger partial charge in [-0.2, -0.15) is 17.6 Å². The second-order valence-corrected chi connectivity index (χ2v) is 11.6. The van der Waals surface area contributed by atoms with Gasteiger partial charge in [0.05, 0.1) is 22.1 Å². The van der Waals surface area contributed by atoms with Gasteiger partial charge in [-0.1, -0.05) is 67.8 Å². The standard InChI is InChI=1S/C34H26F8N2/c35-30(36)33(39,40)43-26-10-4-2-8-22(26)24-18-20(12-14-28(24)43)32(16-6-1-7-17-32)21-13-15-29-25(19-21)23-9-3-5-11-27(23)44(29)34(41,42)31(37)38/h2-5,8-15,18-19,30-31H,1,6-7,16-17H2. The van der Waals surface area contributed by atoms with Crippen molar-refractivity contribution in [2.24, 2.45) is 0 Å². The van der Waals surface area contributed by atoms with Gasteiger partial charge in [0, 0.05) is 27.0 Å². The fraction of sp³-hybridized carbons (Fsp3) is 0.294. The van der Waals surface area contributed by atoms with E-state index in [4.69, 9.17) is 0 Å². The molecule has 0 amide bonds. The van der Waals surface area contributed by atoms with Crippen LogP contribution in [0.15, 0.2) is 84.9 Å². The third-order valence-corrected chi connectivity index (χ3v) is 9.28. The van der Waals surface area contributed by atoms with Gasteiger partial charge in [0.1, 0.15) is 0 Å². The summed E-state index contributed by atoms with van der Waals surface area (Å²) >= 11 is 0. The second kappa shape index (κ2) is 9.97. The average Bonchev–Trinajstić information content (AvgIpc) is 3.54. The summed E-state index contributed by atoms with van der Waals surface area (Å²) in [5.74, 6) is 0. The highest BCUT2D eigenvalue weighted by molar-refractivity contribution is 6.09. The van der Waals surface area contributed by atoms with Crippen molar-refractivity contribution in [2.45, 2.75) is 62.5 Å². The van der Waals surface area contributed by atoms with Crippen molar-refractivity contribution in [1.82, 2.24) is 9.13 Å². The molecule has 10 heteroatoms. The molecule has 0 radical (unpaired) electrons. The minimum atomic E-state index is -4.44. The number of alkyl halides is 8. The molecule has 0 unspecified atom stereocenters. The zero-order chi connectivity index (χ0) is 31.0. The number of rotatable bonds is 6. The monoisotopic (exact) mass is 614 g/mol. The lowest BCUT2D eigenvalue weighted by Gasteiger charge is -2.39. The summed E-state index contributed by atoms with van der Waals surface area (Å²) in [6.45, 7) is 0. The van der Waals surface area contributed by atoms with Crippen molar-refractivity contribution in [3.63, 3.8) is 0 Å². The molecule has 2 aromatic heterocycles. The molecule has 0 atom stereocenters. The number of benzene rings is 4. The Morgan fingerprint density at radius 3 is 1.30 bits per heavy atom. The Bertz CT molecular complexity index is 1890. The first-order valence-corrected chi connectivity index (χ1v) is 14.4. The number of para-hydroxylation sites is 2. The van der Waals surface area contributed by atoms with E-state index in [1.54, 1.807) is 48.5 Å². The molecule has 0 aliphatic heterocycles. The molecule has 228 valence electrons. The number of aromatic nitrogens is 2. The van der Waals surface area contributed by atoms with Crippen LogP contribution in [0.5, 0.6) is 0 Å². The van der Waals surface area contributed by atoms with Crippen molar-refractivity contribution in [1.29, 1.82) is 0 Å². The maximum Gasteiger partial charge on any atom is 0.389 e. The number of halogens is 8. The highest BCUT2D eigenvalue weighted by atomic mass is 19.3. The number of nitrogens with zero attached hydrogens (tertiary/aromatic N) is 2. The molecule has 1 aliphatic rings. The molecular weight excluding hydrogens is 588 g/mol.